The zero-order valence-electron chi connectivity index (χ0n) is 4.89. The lowest BCUT2D eigenvalue weighted by molar-refractivity contribution is 1.50. The molecular formula is C7H7Al. The van der Waals surface area contributed by atoms with E-state index in [4.69, 9.17) is 0 Å². The molecular weight excluding hydrogens is 111 g/mol. The summed E-state index contributed by atoms with van der Waals surface area (Å²) < 4.78 is 1.25. The first-order valence-electron chi connectivity index (χ1n) is 2.61. The van der Waals surface area contributed by atoms with Gasteiger partial charge in [0.25, 0.3) is 0 Å². The summed E-state index contributed by atoms with van der Waals surface area (Å²) in [6.45, 7) is 2.09. The van der Waals surface area contributed by atoms with E-state index in [1.165, 1.54) is 9.99 Å². The molecule has 0 atom stereocenters. The Hall–Kier alpha value is -0.248. The Morgan fingerprint density at radius 1 is 1.38 bits per heavy atom. The summed E-state index contributed by atoms with van der Waals surface area (Å²) in [5.41, 5.74) is 1.32. The zero-order valence-corrected chi connectivity index (χ0v) is 6.04. The van der Waals surface area contributed by atoms with E-state index in [0.717, 1.165) is 0 Å². The fourth-order valence-corrected chi connectivity index (χ4v) is 1.04. The van der Waals surface area contributed by atoms with Gasteiger partial charge in [-0.25, -0.2) is 0 Å². The molecule has 0 saturated carbocycles. The van der Waals surface area contributed by atoms with Gasteiger partial charge in [0.1, 0.15) is 0 Å². The van der Waals surface area contributed by atoms with E-state index >= 15 is 0 Å². The summed E-state index contributed by atoms with van der Waals surface area (Å²) in [5.74, 6) is 0. The van der Waals surface area contributed by atoms with Gasteiger partial charge in [0.2, 0.25) is 0 Å². The van der Waals surface area contributed by atoms with Crippen LogP contribution in [-0.4, -0.2) is 16.3 Å². The lowest BCUT2D eigenvalue weighted by atomic mass is 10.2. The van der Waals surface area contributed by atoms with Crippen molar-refractivity contribution in [2.75, 3.05) is 0 Å². The Bertz CT molecular complexity index is 164. The molecule has 0 amide bonds. The number of benzene rings is 1. The predicted molar refractivity (Wildman–Crippen MR) is 36.6 cm³/mol. The van der Waals surface area contributed by atoms with Crippen LogP contribution in [0, 0.1) is 6.92 Å². The Morgan fingerprint density at radius 3 is 2.50 bits per heavy atom. The van der Waals surface area contributed by atoms with Gasteiger partial charge >= 0.3 is 0 Å². The Balaban J connectivity index is 3.08. The standard InChI is InChI=1S/C7H7.Al/c1-7-5-3-2-4-6-7;/h2-3,5-6H,1H3;. The minimum absolute atomic E-state index is 1.25. The highest BCUT2D eigenvalue weighted by molar-refractivity contribution is 6.32. The molecule has 0 aromatic heterocycles. The second-order valence-electron chi connectivity index (χ2n) is 1.91. The summed E-state index contributed by atoms with van der Waals surface area (Å²) in [4.78, 5) is 0. The molecule has 0 bridgehead atoms. The first-order chi connectivity index (χ1) is 3.79. The molecule has 0 spiro atoms. The van der Waals surface area contributed by atoms with Crippen LogP contribution in [0.25, 0.3) is 0 Å². The molecule has 0 saturated heterocycles. The SMILES string of the molecule is Cc1ccc[c]([Al])c1. The second kappa shape index (κ2) is 2.35. The van der Waals surface area contributed by atoms with Gasteiger partial charge in [0, 0.05) is 0 Å². The third-order valence-corrected chi connectivity index (χ3v) is 1.40. The van der Waals surface area contributed by atoms with Gasteiger partial charge in [0.05, 0.1) is 0 Å². The Kier molecular flexibility index (Phi) is 1.73. The summed E-state index contributed by atoms with van der Waals surface area (Å²) in [6, 6.07) is 8.34. The van der Waals surface area contributed by atoms with E-state index in [2.05, 4.69) is 47.5 Å². The third kappa shape index (κ3) is 1.37. The molecule has 38 valence electrons. The summed E-state index contributed by atoms with van der Waals surface area (Å²) >= 11 is 2.66. The van der Waals surface area contributed by atoms with Gasteiger partial charge in [-0.15, -0.1) is 4.43 Å². The first kappa shape index (κ1) is 5.88. The van der Waals surface area contributed by atoms with Crippen LogP contribution >= 0.6 is 0 Å². The fraction of sp³-hybridized carbons (Fsp3) is 0.143. The zero-order chi connectivity index (χ0) is 5.98. The summed E-state index contributed by atoms with van der Waals surface area (Å²) in [5, 5.41) is 0. The highest BCUT2D eigenvalue weighted by Gasteiger charge is 1.79. The maximum absolute atomic E-state index is 2.66. The lowest BCUT2D eigenvalue weighted by Gasteiger charge is -1.92. The van der Waals surface area contributed by atoms with E-state index in [-0.39, 0.29) is 0 Å². The quantitative estimate of drug-likeness (QED) is 0.442. The normalized spacial score (nSPS) is 9.12. The van der Waals surface area contributed by atoms with E-state index in [9.17, 15) is 0 Å². The van der Waals surface area contributed by atoms with Gasteiger partial charge in [-0.3, -0.25) is 0 Å². The van der Waals surface area contributed by atoms with E-state index in [0.29, 0.717) is 0 Å². The molecule has 1 heteroatoms. The number of rotatable bonds is 0. The minimum Gasteiger partial charge on any atom is -0.139 e. The minimum atomic E-state index is 1.25. The van der Waals surface area contributed by atoms with E-state index < -0.39 is 0 Å². The predicted octanol–water partition coefficient (Wildman–Crippen LogP) is 0.789. The molecule has 8 heavy (non-hydrogen) atoms. The highest BCUT2D eigenvalue weighted by Crippen LogP contribution is 1.89. The number of hydrogen-bond acceptors (Lipinski definition) is 0. The molecule has 0 heterocycles. The Morgan fingerprint density at radius 2 is 2.12 bits per heavy atom. The molecule has 2 radical (unpaired) electrons. The van der Waals surface area contributed by atoms with Gasteiger partial charge in [-0.2, -0.15) is 0 Å². The van der Waals surface area contributed by atoms with E-state index in [1.54, 1.807) is 0 Å². The van der Waals surface area contributed by atoms with E-state index in [1.807, 2.05) is 0 Å². The highest BCUT2D eigenvalue weighted by atomic mass is 27.0. The van der Waals surface area contributed by atoms with Crippen molar-refractivity contribution in [3.8, 4) is 0 Å². The van der Waals surface area contributed by atoms with Crippen LogP contribution in [0.5, 0.6) is 0 Å². The molecule has 0 nitrogen and oxygen atoms in total. The Labute approximate surface area is 58.0 Å². The van der Waals surface area contributed by atoms with Crippen LogP contribution < -0.4 is 4.43 Å². The number of hydrogen-bond donors (Lipinski definition) is 0. The van der Waals surface area contributed by atoms with Crippen molar-refractivity contribution >= 4 is 20.7 Å². The monoisotopic (exact) mass is 118 g/mol. The third-order valence-electron chi connectivity index (χ3n) is 1.04. The van der Waals surface area contributed by atoms with Crippen molar-refractivity contribution in [3.05, 3.63) is 29.8 Å². The average Bonchev–Trinajstić information content (AvgIpc) is 1.64. The van der Waals surface area contributed by atoms with Gasteiger partial charge in [-0.05, 0) is 6.92 Å². The van der Waals surface area contributed by atoms with Crippen LogP contribution in [0.4, 0.5) is 0 Å². The maximum atomic E-state index is 2.66. The van der Waals surface area contributed by atoms with Crippen molar-refractivity contribution in [2.24, 2.45) is 0 Å². The number of aryl methyl sites for hydroxylation is 1. The smallest absolute Gasteiger partial charge is 0.139 e. The molecule has 0 fully saturated rings. The lowest BCUT2D eigenvalue weighted by Crippen LogP contribution is -1.99. The van der Waals surface area contributed by atoms with Crippen LogP contribution in [-0.2, 0) is 0 Å². The second-order valence-corrected chi connectivity index (χ2v) is 2.58. The van der Waals surface area contributed by atoms with Crippen LogP contribution in [0.3, 0.4) is 0 Å². The molecule has 1 aromatic carbocycles. The largest absolute Gasteiger partial charge is 0.175 e. The molecule has 1 aromatic rings. The van der Waals surface area contributed by atoms with Crippen molar-refractivity contribution in [2.45, 2.75) is 6.92 Å². The molecule has 0 aliphatic heterocycles. The van der Waals surface area contributed by atoms with Crippen molar-refractivity contribution in [1.29, 1.82) is 0 Å². The van der Waals surface area contributed by atoms with Crippen LogP contribution in [0.15, 0.2) is 24.3 Å². The summed E-state index contributed by atoms with van der Waals surface area (Å²) in [6.07, 6.45) is 0. The van der Waals surface area contributed by atoms with Crippen molar-refractivity contribution in [3.63, 3.8) is 0 Å². The molecule has 0 aliphatic carbocycles. The fourth-order valence-electron chi connectivity index (χ4n) is 0.670. The van der Waals surface area contributed by atoms with Gasteiger partial charge in [0.15, 0.2) is 16.3 Å². The van der Waals surface area contributed by atoms with Crippen molar-refractivity contribution < 1.29 is 0 Å². The van der Waals surface area contributed by atoms with Gasteiger partial charge < -0.3 is 0 Å². The average molecular weight is 118 g/mol. The first-order valence-corrected chi connectivity index (χ1v) is 3.19. The molecule has 0 aliphatic rings. The van der Waals surface area contributed by atoms with Crippen LogP contribution in [0.1, 0.15) is 5.56 Å². The molecule has 1 rings (SSSR count). The summed E-state index contributed by atoms with van der Waals surface area (Å²) in [7, 11) is 0. The maximum Gasteiger partial charge on any atom is 0.175 e. The van der Waals surface area contributed by atoms with Crippen LogP contribution in [0.2, 0.25) is 0 Å². The van der Waals surface area contributed by atoms with Gasteiger partial charge in [-0.1, -0.05) is 29.8 Å². The van der Waals surface area contributed by atoms with Crippen molar-refractivity contribution in [1.82, 2.24) is 0 Å². The topological polar surface area (TPSA) is 0 Å². The molecule has 0 unspecified atom stereocenters. The molecule has 0 N–H and O–H groups in total.